The average molecular weight is 496 g/mol. The summed E-state index contributed by atoms with van der Waals surface area (Å²) in [5, 5.41) is 23.2. The second-order valence-corrected chi connectivity index (χ2v) is 13.6. The quantitative estimate of drug-likeness (QED) is 0.545. The minimum absolute atomic E-state index is 0.0845. The molecule has 2 heterocycles. The Labute approximate surface area is 209 Å². The smallest absolute Gasteiger partial charge is 0.235 e. The van der Waals surface area contributed by atoms with E-state index in [1.807, 2.05) is 7.05 Å². The highest BCUT2D eigenvalue weighted by molar-refractivity contribution is 7.99. The maximum atomic E-state index is 12.8. The molecule has 0 saturated heterocycles. The van der Waals surface area contributed by atoms with Gasteiger partial charge in [-0.3, -0.25) is 4.79 Å². The highest BCUT2D eigenvalue weighted by atomic mass is 32.2. The van der Waals surface area contributed by atoms with E-state index in [9.17, 15) is 10.1 Å². The third-order valence-corrected chi connectivity index (χ3v) is 11.0. The molecule has 5 aliphatic carbocycles. The van der Waals surface area contributed by atoms with Gasteiger partial charge in [-0.25, -0.2) is 0 Å². The van der Waals surface area contributed by atoms with Gasteiger partial charge in [0.15, 0.2) is 5.16 Å². The number of nitrogens with one attached hydrogen (secondary N) is 1. The van der Waals surface area contributed by atoms with Crippen LogP contribution in [0.2, 0.25) is 0 Å². The highest BCUT2D eigenvalue weighted by Gasteiger charge is 2.51. The summed E-state index contributed by atoms with van der Waals surface area (Å²) in [5.74, 6) is 4.69. The third-order valence-electron chi connectivity index (χ3n) is 8.83. The number of hydrogen-bond donors (Lipinski definition) is 1. The van der Waals surface area contributed by atoms with Crippen molar-refractivity contribution in [3.8, 4) is 6.07 Å². The summed E-state index contributed by atoms with van der Waals surface area (Å²) in [4.78, 5) is 14.0. The predicted octanol–water partition coefficient (Wildman–Crippen LogP) is 5.36. The van der Waals surface area contributed by atoms with Crippen LogP contribution in [0.1, 0.15) is 73.7 Å². The van der Waals surface area contributed by atoms with Crippen LogP contribution in [0.3, 0.4) is 0 Å². The van der Waals surface area contributed by atoms with Crippen LogP contribution in [0.25, 0.3) is 0 Å². The van der Waals surface area contributed by atoms with Gasteiger partial charge in [-0.1, -0.05) is 18.7 Å². The zero-order valence-electron chi connectivity index (χ0n) is 20.1. The zero-order valence-corrected chi connectivity index (χ0v) is 21.7. The number of aromatic nitrogens is 3. The summed E-state index contributed by atoms with van der Waals surface area (Å²) in [6.45, 7) is 2.25. The van der Waals surface area contributed by atoms with Crippen LogP contribution >= 0.6 is 23.1 Å². The number of thiophene rings is 1. The van der Waals surface area contributed by atoms with Crippen LogP contribution in [-0.2, 0) is 31.1 Å². The summed E-state index contributed by atoms with van der Waals surface area (Å²) in [6, 6.07) is 2.33. The van der Waals surface area contributed by atoms with Crippen molar-refractivity contribution in [1.82, 2.24) is 14.8 Å². The van der Waals surface area contributed by atoms with Gasteiger partial charge in [-0.2, -0.15) is 5.26 Å². The molecule has 5 aliphatic rings. The molecule has 1 amide bonds. The molecule has 0 spiro atoms. The van der Waals surface area contributed by atoms with Crippen LogP contribution in [0.15, 0.2) is 5.16 Å². The Hall–Kier alpha value is -1.85. The Kier molecular flexibility index (Phi) is 5.76. The van der Waals surface area contributed by atoms with E-state index in [1.54, 1.807) is 11.3 Å². The molecule has 0 aromatic carbocycles. The number of fused-ring (bicyclic) bond motifs is 1. The first-order valence-corrected chi connectivity index (χ1v) is 14.6. The zero-order chi connectivity index (χ0) is 23.4. The lowest BCUT2D eigenvalue weighted by molar-refractivity contribution is -0.113. The molecule has 1 N–H and O–H groups in total. The maximum Gasteiger partial charge on any atom is 0.235 e. The average Bonchev–Trinajstić information content (AvgIpc) is 3.29. The molecule has 4 bridgehead atoms. The number of anilines is 1. The van der Waals surface area contributed by atoms with Gasteiger partial charge in [-0.15, -0.1) is 21.5 Å². The molecule has 8 heteroatoms. The minimum Gasteiger partial charge on any atom is -0.316 e. The monoisotopic (exact) mass is 495 g/mol. The molecule has 7 rings (SSSR count). The van der Waals surface area contributed by atoms with Gasteiger partial charge in [0.2, 0.25) is 5.91 Å². The van der Waals surface area contributed by atoms with Crippen molar-refractivity contribution in [3.05, 3.63) is 21.8 Å². The van der Waals surface area contributed by atoms with Crippen molar-refractivity contribution < 1.29 is 4.79 Å². The van der Waals surface area contributed by atoms with Crippen LogP contribution in [-0.4, -0.2) is 26.4 Å². The fourth-order valence-corrected chi connectivity index (χ4v) is 9.82. The van der Waals surface area contributed by atoms with E-state index < -0.39 is 0 Å². The molecule has 2 aromatic heterocycles. The minimum atomic E-state index is -0.0845. The lowest BCUT2D eigenvalue weighted by Gasteiger charge is -2.56. The van der Waals surface area contributed by atoms with Crippen molar-refractivity contribution >= 4 is 34.0 Å². The molecule has 0 aliphatic heterocycles. The van der Waals surface area contributed by atoms with E-state index in [0.717, 1.165) is 60.0 Å². The number of hydrogen-bond acceptors (Lipinski definition) is 6. The van der Waals surface area contributed by atoms with E-state index >= 15 is 0 Å². The Morgan fingerprint density at radius 3 is 2.62 bits per heavy atom. The Balaban J connectivity index is 1.09. The largest absolute Gasteiger partial charge is 0.316 e. The van der Waals surface area contributed by atoms with Gasteiger partial charge in [-0.05, 0) is 92.4 Å². The van der Waals surface area contributed by atoms with E-state index in [0.29, 0.717) is 21.9 Å². The fraction of sp³-hybridized carbons (Fsp3) is 0.692. The third kappa shape index (κ3) is 4.09. The number of nitrogens with zero attached hydrogens (tertiary/aromatic N) is 4. The molecule has 2 aromatic rings. The van der Waals surface area contributed by atoms with Crippen molar-refractivity contribution in [2.45, 2.75) is 76.3 Å². The van der Waals surface area contributed by atoms with Crippen molar-refractivity contribution in [1.29, 1.82) is 5.26 Å². The van der Waals surface area contributed by atoms with Gasteiger partial charge in [0.1, 0.15) is 16.9 Å². The predicted molar refractivity (Wildman–Crippen MR) is 135 cm³/mol. The molecule has 1 unspecified atom stereocenters. The van der Waals surface area contributed by atoms with E-state index in [2.05, 4.69) is 33.1 Å². The fourth-order valence-electron chi connectivity index (χ4n) is 7.72. The first-order valence-electron chi connectivity index (χ1n) is 12.8. The lowest BCUT2D eigenvalue weighted by Crippen LogP contribution is -2.47. The Bertz CT molecular complexity index is 1120. The van der Waals surface area contributed by atoms with Gasteiger partial charge in [0, 0.05) is 18.3 Å². The number of rotatable bonds is 6. The van der Waals surface area contributed by atoms with Crippen LogP contribution < -0.4 is 5.32 Å². The second kappa shape index (κ2) is 8.67. The first-order chi connectivity index (χ1) is 16.4. The normalized spacial score (nSPS) is 31.3. The standard InChI is InChI=1S/C26H33N5OS2/c1-15-3-4-19-20(13-27)24(34-21(19)5-15)28-23(32)14-33-25-30-29-22(31(25)2)12-26-9-16-6-17(10-26)8-18(7-16)11-26/h15-18H,3-12,14H2,1-2H3,(H,28,32). The molecule has 180 valence electrons. The van der Waals surface area contributed by atoms with E-state index in [-0.39, 0.29) is 11.7 Å². The summed E-state index contributed by atoms with van der Waals surface area (Å²) >= 11 is 3.02. The Morgan fingerprint density at radius 2 is 1.94 bits per heavy atom. The van der Waals surface area contributed by atoms with Gasteiger partial charge < -0.3 is 9.88 Å². The number of carbonyl (C=O) groups excluding carboxylic acids is 1. The molecule has 34 heavy (non-hydrogen) atoms. The summed E-state index contributed by atoms with van der Waals surface area (Å²) in [6.07, 6.45) is 12.5. The topological polar surface area (TPSA) is 83.6 Å². The summed E-state index contributed by atoms with van der Waals surface area (Å²) < 4.78 is 2.10. The van der Waals surface area contributed by atoms with Crippen LogP contribution in [0.4, 0.5) is 5.00 Å². The SMILES string of the molecule is CC1CCc2c(sc(NC(=O)CSc3nnc(CC45CC6CC(CC(C6)C4)C5)n3C)c2C#N)C1. The number of nitriles is 1. The molecule has 6 nitrogen and oxygen atoms in total. The van der Waals surface area contributed by atoms with Crippen molar-refractivity contribution in [3.63, 3.8) is 0 Å². The van der Waals surface area contributed by atoms with Crippen molar-refractivity contribution in [2.75, 3.05) is 11.1 Å². The molecule has 4 fully saturated rings. The molecular formula is C26H33N5OS2. The van der Waals surface area contributed by atoms with Gasteiger partial charge in [0.25, 0.3) is 0 Å². The van der Waals surface area contributed by atoms with Gasteiger partial charge >= 0.3 is 0 Å². The van der Waals surface area contributed by atoms with Gasteiger partial charge in [0.05, 0.1) is 11.3 Å². The molecular weight excluding hydrogens is 462 g/mol. The van der Waals surface area contributed by atoms with E-state index in [4.69, 9.17) is 0 Å². The van der Waals surface area contributed by atoms with Crippen LogP contribution in [0.5, 0.6) is 0 Å². The summed E-state index contributed by atoms with van der Waals surface area (Å²) in [5.41, 5.74) is 2.25. The Morgan fingerprint density at radius 1 is 1.24 bits per heavy atom. The van der Waals surface area contributed by atoms with E-state index in [1.165, 1.54) is 55.2 Å². The second-order valence-electron chi connectivity index (χ2n) is 11.6. The molecule has 0 radical (unpaired) electrons. The first kappa shape index (κ1) is 22.6. The molecule has 4 saturated carbocycles. The number of amides is 1. The molecule has 1 atom stereocenters. The highest BCUT2D eigenvalue weighted by Crippen LogP contribution is 2.61. The summed E-state index contributed by atoms with van der Waals surface area (Å²) in [7, 11) is 2.04. The number of carbonyl (C=O) groups is 1. The lowest BCUT2D eigenvalue weighted by atomic mass is 9.49. The maximum absolute atomic E-state index is 12.8. The van der Waals surface area contributed by atoms with Crippen LogP contribution in [0, 0.1) is 40.4 Å². The van der Waals surface area contributed by atoms with Crippen molar-refractivity contribution in [2.24, 2.45) is 36.1 Å². The number of thioether (sulfide) groups is 1.